The van der Waals surface area contributed by atoms with Gasteiger partial charge >= 0.3 is 8.25 Å². The van der Waals surface area contributed by atoms with Crippen LogP contribution in [0.15, 0.2) is 0 Å². The monoisotopic (exact) mass is 165 g/mol. The van der Waals surface area contributed by atoms with E-state index in [2.05, 4.69) is 4.52 Å². The van der Waals surface area contributed by atoms with Crippen molar-refractivity contribution in [2.75, 3.05) is 0 Å². The van der Waals surface area contributed by atoms with Crippen molar-refractivity contribution in [3.63, 3.8) is 0 Å². The van der Waals surface area contributed by atoms with Gasteiger partial charge < -0.3 is 0 Å². The Labute approximate surface area is 62.3 Å². The molecular weight excluding hydrogens is 151 g/mol. The molecule has 0 amide bonds. The lowest BCUT2D eigenvalue weighted by Gasteiger charge is -2.20. The molecule has 0 fully saturated rings. The molecule has 1 N–H and O–H groups in total. The Bertz CT molecular complexity index is 127. The molecule has 0 heterocycles. The second-order valence-corrected chi connectivity index (χ2v) is 4.04. The van der Waals surface area contributed by atoms with Gasteiger partial charge in [0, 0.05) is 4.57 Å². The number of hydrogen-bond acceptors (Lipinski definition) is 2. The van der Waals surface area contributed by atoms with E-state index in [9.17, 15) is 4.57 Å². The van der Waals surface area contributed by atoms with E-state index in [1.165, 1.54) is 0 Å². The second kappa shape index (κ2) is 3.42. The lowest BCUT2D eigenvalue weighted by Crippen LogP contribution is -2.23. The third-order valence-corrected chi connectivity index (χ3v) is 1.96. The van der Waals surface area contributed by atoms with E-state index < -0.39 is 8.25 Å². The van der Waals surface area contributed by atoms with Crippen LogP contribution in [0.5, 0.6) is 0 Å². The molecule has 10 heavy (non-hydrogen) atoms. The van der Waals surface area contributed by atoms with E-state index in [1.54, 1.807) is 6.92 Å². The molecule has 4 heteroatoms. The molecule has 0 saturated carbocycles. The van der Waals surface area contributed by atoms with E-state index in [1.807, 2.05) is 20.8 Å². The van der Waals surface area contributed by atoms with Gasteiger partial charge in [-0.1, -0.05) is 20.8 Å². The first kappa shape index (κ1) is 10.0. The molecule has 0 rings (SSSR count). The van der Waals surface area contributed by atoms with Crippen LogP contribution in [0.25, 0.3) is 0 Å². The van der Waals surface area contributed by atoms with E-state index >= 15 is 0 Å². The summed E-state index contributed by atoms with van der Waals surface area (Å²) in [6, 6.07) is 0. The lowest BCUT2D eigenvalue weighted by molar-refractivity contribution is 0.0986. The highest BCUT2D eigenvalue weighted by Gasteiger charge is 2.29. The van der Waals surface area contributed by atoms with E-state index in [4.69, 9.17) is 4.89 Å². The molecule has 0 aliphatic rings. The van der Waals surface area contributed by atoms with Gasteiger partial charge in [0.05, 0.1) is 0 Å². The average molecular weight is 165 g/mol. The van der Waals surface area contributed by atoms with Crippen LogP contribution >= 0.6 is 8.25 Å². The Morgan fingerprint density at radius 1 is 1.50 bits per heavy atom. The summed E-state index contributed by atoms with van der Waals surface area (Å²) >= 11 is 0. The average Bonchev–Trinajstić information content (AvgIpc) is 1.60. The van der Waals surface area contributed by atoms with Crippen LogP contribution in [-0.2, 0) is 9.09 Å². The van der Waals surface area contributed by atoms with Crippen molar-refractivity contribution < 1.29 is 14.0 Å². The van der Waals surface area contributed by atoms with Crippen LogP contribution in [0.1, 0.15) is 27.7 Å². The third-order valence-electron chi connectivity index (χ3n) is 1.47. The van der Waals surface area contributed by atoms with Gasteiger partial charge in [-0.2, -0.15) is 0 Å². The Morgan fingerprint density at radius 3 is 2.00 bits per heavy atom. The summed E-state index contributed by atoms with van der Waals surface area (Å²) in [7, 11) is -2.45. The van der Waals surface area contributed by atoms with Crippen LogP contribution < -0.4 is 0 Å². The lowest BCUT2D eigenvalue weighted by atomic mass is 9.91. The second-order valence-electron chi connectivity index (χ2n) is 3.35. The van der Waals surface area contributed by atoms with E-state index in [0.717, 1.165) is 0 Å². The summed E-state index contributed by atoms with van der Waals surface area (Å²) in [5.41, 5.74) is -0.0757. The first-order chi connectivity index (χ1) is 4.34. The highest BCUT2D eigenvalue weighted by atomic mass is 31.1. The van der Waals surface area contributed by atoms with Crippen molar-refractivity contribution in [2.45, 2.75) is 33.8 Å². The Morgan fingerprint density at radius 2 is 1.90 bits per heavy atom. The Kier molecular flexibility index (Phi) is 3.43. The van der Waals surface area contributed by atoms with Gasteiger partial charge in [0.25, 0.3) is 0 Å². The SMILES string of the molecule is CC(O[P+](=O)O)C(C)(C)C. The molecule has 0 aromatic carbocycles. The van der Waals surface area contributed by atoms with E-state index in [-0.39, 0.29) is 11.5 Å². The zero-order valence-electron chi connectivity index (χ0n) is 6.79. The minimum Gasteiger partial charge on any atom is -0.133 e. The van der Waals surface area contributed by atoms with Gasteiger partial charge in [-0.3, -0.25) is 0 Å². The number of rotatable bonds is 2. The summed E-state index contributed by atoms with van der Waals surface area (Å²) < 4.78 is 14.9. The molecule has 2 unspecified atom stereocenters. The molecule has 0 saturated heterocycles. The van der Waals surface area contributed by atoms with Crippen LogP contribution in [-0.4, -0.2) is 11.0 Å². The topological polar surface area (TPSA) is 46.5 Å². The smallest absolute Gasteiger partial charge is 0.133 e. The first-order valence-electron chi connectivity index (χ1n) is 3.17. The molecular formula is C6H14O3P+. The molecule has 0 spiro atoms. The molecule has 0 aromatic rings. The molecule has 0 radical (unpaired) electrons. The Hall–Kier alpha value is 0.0200. The minimum atomic E-state index is -2.45. The van der Waals surface area contributed by atoms with Gasteiger partial charge in [-0.05, 0) is 12.3 Å². The zero-order valence-corrected chi connectivity index (χ0v) is 7.68. The predicted octanol–water partition coefficient (Wildman–Crippen LogP) is 2.09. The molecule has 60 valence electrons. The highest BCUT2D eigenvalue weighted by Crippen LogP contribution is 2.29. The van der Waals surface area contributed by atoms with E-state index in [0.29, 0.717) is 0 Å². The minimum absolute atomic E-state index is 0.0757. The fourth-order valence-corrected chi connectivity index (χ4v) is 0.880. The maximum Gasteiger partial charge on any atom is 0.695 e. The van der Waals surface area contributed by atoms with Crippen molar-refractivity contribution in [3.8, 4) is 0 Å². The van der Waals surface area contributed by atoms with Gasteiger partial charge in [0.1, 0.15) is 6.10 Å². The summed E-state index contributed by atoms with van der Waals surface area (Å²) in [5, 5.41) is 0. The summed E-state index contributed by atoms with van der Waals surface area (Å²) in [6.45, 7) is 7.65. The van der Waals surface area contributed by atoms with Crippen molar-refractivity contribution in [1.82, 2.24) is 0 Å². The molecule has 2 atom stereocenters. The fraction of sp³-hybridized carbons (Fsp3) is 1.00. The predicted molar refractivity (Wildman–Crippen MR) is 39.8 cm³/mol. The normalized spacial score (nSPS) is 16.7. The molecule has 0 bridgehead atoms. The number of hydrogen-bond donors (Lipinski definition) is 1. The third kappa shape index (κ3) is 3.94. The molecule has 0 aromatic heterocycles. The van der Waals surface area contributed by atoms with Crippen LogP contribution in [0, 0.1) is 5.41 Å². The van der Waals surface area contributed by atoms with Gasteiger partial charge in [0.15, 0.2) is 0 Å². The first-order valence-corrected chi connectivity index (χ1v) is 4.30. The van der Waals surface area contributed by atoms with Crippen molar-refractivity contribution in [1.29, 1.82) is 0 Å². The summed E-state index contributed by atoms with van der Waals surface area (Å²) in [4.78, 5) is 8.37. The van der Waals surface area contributed by atoms with Crippen LogP contribution in [0.2, 0.25) is 0 Å². The largest absolute Gasteiger partial charge is 0.695 e. The maximum atomic E-state index is 10.2. The summed E-state index contributed by atoms with van der Waals surface area (Å²) in [6.07, 6.45) is -0.193. The van der Waals surface area contributed by atoms with Crippen LogP contribution in [0.4, 0.5) is 0 Å². The maximum absolute atomic E-state index is 10.2. The molecule has 0 aliphatic carbocycles. The standard InChI is InChI=1S/C6H13O3P/c1-5(6(2,3)4)9-10(7)8/h5H,1-4H3/p+1. The molecule has 0 aliphatic heterocycles. The van der Waals surface area contributed by atoms with Crippen molar-refractivity contribution in [2.24, 2.45) is 5.41 Å². The quantitative estimate of drug-likeness (QED) is 0.637. The van der Waals surface area contributed by atoms with Gasteiger partial charge in [0.2, 0.25) is 0 Å². The molecule has 3 nitrogen and oxygen atoms in total. The fourth-order valence-electron chi connectivity index (χ4n) is 0.293. The highest BCUT2D eigenvalue weighted by molar-refractivity contribution is 7.32. The van der Waals surface area contributed by atoms with Crippen LogP contribution in [0.3, 0.4) is 0 Å². The Balaban J connectivity index is 3.85. The summed E-state index contributed by atoms with van der Waals surface area (Å²) in [5.74, 6) is 0. The zero-order chi connectivity index (χ0) is 8.36. The van der Waals surface area contributed by atoms with Gasteiger partial charge in [-0.15, -0.1) is 9.42 Å². The van der Waals surface area contributed by atoms with Crippen molar-refractivity contribution >= 4 is 8.25 Å². The van der Waals surface area contributed by atoms with Gasteiger partial charge in [-0.25, -0.2) is 0 Å². The van der Waals surface area contributed by atoms with Crippen molar-refractivity contribution in [3.05, 3.63) is 0 Å².